The molecular formula is C23H18BrClN2O4S. The van der Waals surface area contributed by atoms with Crippen molar-refractivity contribution in [1.82, 2.24) is 4.31 Å². The van der Waals surface area contributed by atoms with Crippen LogP contribution < -0.4 is 4.90 Å². The van der Waals surface area contributed by atoms with E-state index in [0.717, 1.165) is 13.7 Å². The predicted molar refractivity (Wildman–Crippen MR) is 126 cm³/mol. The van der Waals surface area contributed by atoms with Gasteiger partial charge >= 0.3 is 0 Å². The molecule has 4 rings (SSSR count). The molecule has 6 nitrogen and oxygen atoms in total. The number of carbonyl (C=O) groups is 2. The molecule has 0 bridgehead atoms. The number of anilines is 1. The van der Waals surface area contributed by atoms with Crippen LogP contribution in [0.1, 0.15) is 12.0 Å². The van der Waals surface area contributed by atoms with Crippen molar-refractivity contribution in [3.8, 4) is 0 Å². The molecule has 1 aliphatic rings. The van der Waals surface area contributed by atoms with E-state index in [4.69, 9.17) is 11.6 Å². The molecule has 1 unspecified atom stereocenters. The molecular weight excluding hydrogens is 516 g/mol. The third kappa shape index (κ3) is 4.49. The summed E-state index contributed by atoms with van der Waals surface area (Å²) in [7, 11) is -4.08. The number of rotatable bonds is 6. The van der Waals surface area contributed by atoms with Crippen LogP contribution in [0.15, 0.2) is 88.2 Å². The van der Waals surface area contributed by atoms with Crippen LogP contribution in [0.2, 0.25) is 5.02 Å². The van der Waals surface area contributed by atoms with Crippen LogP contribution in [0.5, 0.6) is 0 Å². The molecule has 1 heterocycles. The second-order valence-electron chi connectivity index (χ2n) is 7.25. The summed E-state index contributed by atoms with van der Waals surface area (Å²) in [6.07, 6.45) is -0.246. The SMILES string of the molecule is O=C1CC(N(Cc2ccccc2)S(=O)(=O)c2ccc(Br)cc2)C(=O)N1c1ccc(Cl)cc1. The Morgan fingerprint density at radius 1 is 0.938 bits per heavy atom. The number of imide groups is 1. The molecule has 1 fully saturated rings. The molecule has 1 saturated heterocycles. The Bertz CT molecular complexity index is 1250. The molecule has 2 amide bonds. The van der Waals surface area contributed by atoms with Crippen molar-refractivity contribution in [2.75, 3.05) is 4.90 Å². The Morgan fingerprint density at radius 3 is 2.19 bits per heavy atom. The normalized spacial score (nSPS) is 16.7. The Hall–Kier alpha value is -2.52. The van der Waals surface area contributed by atoms with Gasteiger partial charge in [0, 0.05) is 16.0 Å². The maximum Gasteiger partial charge on any atom is 0.252 e. The summed E-state index contributed by atoms with van der Waals surface area (Å²) < 4.78 is 29.0. The Morgan fingerprint density at radius 2 is 1.56 bits per heavy atom. The van der Waals surface area contributed by atoms with Gasteiger partial charge in [0.1, 0.15) is 6.04 Å². The fraction of sp³-hybridized carbons (Fsp3) is 0.130. The Labute approximate surface area is 199 Å². The van der Waals surface area contributed by atoms with Crippen molar-refractivity contribution < 1.29 is 18.0 Å². The lowest BCUT2D eigenvalue weighted by Gasteiger charge is -2.27. The third-order valence-corrected chi connectivity index (χ3v) is 7.81. The van der Waals surface area contributed by atoms with Crippen LogP contribution >= 0.6 is 27.5 Å². The average Bonchev–Trinajstić information content (AvgIpc) is 3.07. The Balaban J connectivity index is 1.74. The molecule has 1 aliphatic heterocycles. The minimum Gasteiger partial charge on any atom is -0.274 e. The van der Waals surface area contributed by atoms with Gasteiger partial charge in [0.05, 0.1) is 17.0 Å². The van der Waals surface area contributed by atoms with E-state index in [1.54, 1.807) is 60.7 Å². The molecule has 1 atom stereocenters. The molecule has 0 saturated carbocycles. The number of sulfonamides is 1. The summed E-state index contributed by atoms with van der Waals surface area (Å²) in [5.74, 6) is -1.06. The molecule has 164 valence electrons. The smallest absolute Gasteiger partial charge is 0.252 e. The van der Waals surface area contributed by atoms with E-state index in [1.807, 2.05) is 6.07 Å². The molecule has 0 aromatic heterocycles. The second kappa shape index (κ2) is 9.15. The molecule has 0 aliphatic carbocycles. The van der Waals surface area contributed by atoms with Gasteiger partial charge < -0.3 is 0 Å². The number of benzene rings is 3. The average molecular weight is 534 g/mol. The highest BCUT2D eigenvalue weighted by Crippen LogP contribution is 2.31. The van der Waals surface area contributed by atoms with Crippen molar-refractivity contribution >= 4 is 55.1 Å². The van der Waals surface area contributed by atoms with Gasteiger partial charge in [-0.1, -0.05) is 57.9 Å². The first-order valence-corrected chi connectivity index (χ1v) is 12.3. The van der Waals surface area contributed by atoms with Gasteiger partial charge in [-0.15, -0.1) is 0 Å². The van der Waals surface area contributed by atoms with E-state index < -0.39 is 27.9 Å². The van der Waals surface area contributed by atoms with Gasteiger partial charge in [-0.3, -0.25) is 9.59 Å². The maximum atomic E-state index is 13.6. The zero-order chi connectivity index (χ0) is 22.9. The van der Waals surface area contributed by atoms with Crippen molar-refractivity contribution in [2.24, 2.45) is 0 Å². The minimum atomic E-state index is -4.08. The van der Waals surface area contributed by atoms with Gasteiger partial charge in [0.15, 0.2) is 0 Å². The number of hydrogen-bond donors (Lipinski definition) is 0. The zero-order valence-electron chi connectivity index (χ0n) is 16.7. The van der Waals surface area contributed by atoms with Crippen molar-refractivity contribution in [1.29, 1.82) is 0 Å². The van der Waals surface area contributed by atoms with Crippen molar-refractivity contribution in [3.63, 3.8) is 0 Å². The lowest BCUT2D eigenvalue weighted by atomic mass is 10.2. The monoisotopic (exact) mass is 532 g/mol. The zero-order valence-corrected chi connectivity index (χ0v) is 19.8. The molecule has 9 heteroatoms. The molecule has 32 heavy (non-hydrogen) atoms. The quantitative estimate of drug-likeness (QED) is 0.433. The van der Waals surface area contributed by atoms with Gasteiger partial charge in [-0.2, -0.15) is 4.31 Å². The highest BCUT2D eigenvalue weighted by atomic mass is 79.9. The van der Waals surface area contributed by atoms with Crippen LogP contribution in [0.4, 0.5) is 5.69 Å². The number of amides is 2. The summed E-state index contributed by atoms with van der Waals surface area (Å²) >= 11 is 9.22. The molecule has 0 N–H and O–H groups in total. The van der Waals surface area contributed by atoms with E-state index in [-0.39, 0.29) is 17.9 Å². The first-order valence-electron chi connectivity index (χ1n) is 9.71. The van der Waals surface area contributed by atoms with E-state index in [1.165, 1.54) is 12.1 Å². The van der Waals surface area contributed by atoms with Crippen molar-refractivity contribution in [3.05, 3.63) is 93.9 Å². The fourth-order valence-electron chi connectivity index (χ4n) is 3.57. The summed E-state index contributed by atoms with van der Waals surface area (Å²) in [4.78, 5) is 27.2. The van der Waals surface area contributed by atoms with E-state index in [2.05, 4.69) is 15.9 Å². The van der Waals surface area contributed by atoms with Gasteiger partial charge in [0.25, 0.3) is 5.91 Å². The molecule has 0 radical (unpaired) electrons. The predicted octanol–water partition coefficient (Wildman–Crippen LogP) is 4.63. The summed E-state index contributed by atoms with van der Waals surface area (Å²) in [6, 6.07) is 20.3. The Kier molecular flexibility index (Phi) is 6.48. The highest BCUT2D eigenvalue weighted by molar-refractivity contribution is 9.10. The van der Waals surface area contributed by atoms with Crippen LogP contribution in [-0.4, -0.2) is 30.6 Å². The topological polar surface area (TPSA) is 74.8 Å². The van der Waals surface area contributed by atoms with Crippen molar-refractivity contribution in [2.45, 2.75) is 23.9 Å². The summed E-state index contributed by atoms with van der Waals surface area (Å²) in [5, 5.41) is 0.466. The first-order chi connectivity index (χ1) is 15.3. The summed E-state index contributed by atoms with van der Waals surface area (Å²) in [6.45, 7) is -0.0443. The minimum absolute atomic E-state index is 0.0434. The van der Waals surface area contributed by atoms with Crippen LogP contribution in [0, 0.1) is 0 Å². The first kappa shape index (κ1) is 22.7. The highest BCUT2D eigenvalue weighted by Gasteiger charge is 2.46. The van der Waals surface area contributed by atoms with Crippen LogP contribution in [0.25, 0.3) is 0 Å². The maximum absolute atomic E-state index is 13.6. The molecule has 3 aromatic carbocycles. The number of nitrogens with zero attached hydrogens (tertiary/aromatic N) is 2. The van der Waals surface area contributed by atoms with E-state index in [0.29, 0.717) is 16.3 Å². The third-order valence-electron chi connectivity index (χ3n) is 5.16. The number of halogens is 2. The van der Waals surface area contributed by atoms with E-state index >= 15 is 0 Å². The van der Waals surface area contributed by atoms with Gasteiger partial charge in [-0.05, 0) is 54.1 Å². The van der Waals surface area contributed by atoms with Gasteiger partial charge in [0.2, 0.25) is 15.9 Å². The lowest BCUT2D eigenvalue weighted by Crippen LogP contribution is -2.45. The van der Waals surface area contributed by atoms with E-state index in [9.17, 15) is 18.0 Å². The fourth-order valence-corrected chi connectivity index (χ4v) is 5.53. The molecule has 3 aromatic rings. The standard InChI is InChI=1S/C23H18BrClN2O4S/c24-17-6-12-20(13-7-17)32(30,31)26(15-16-4-2-1-3-5-16)21-14-22(28)27(23(21)29)19-10-8-18(25)9-11-19/h1-13,21H,14-15H2. The molecule has 0 spiro atoms. The van der Waals surface area contributed by atoms with Crippen LogP contribution in [0.3, 0.4) is 0 Å². The number of hydrogen-bond acceptors (Lipinski definition) is 4. The van der Waals surface area contributed by atoms with Crippen LogP contribution in [-0.2, 0) is 26.2 Å². The largest absolute Gasteiger partial charge is 0.274 e. The lowest BCUT2D eigenvalue weighted by molar-refractivity contribution is -0.122. The van der Waals surface area contributed by atoms with Gasteiger partial charge in [-0.25, -0.2) is 13.3 Å². The number of carbonyl (C=O) groups excluding carboxylic acids is 2. The summed E-state index contributed by atoms with van der Waals surface area (Å²) in [5.41, 5.74) is 1.06. The second-order valence-corrected chi connectivity index (χ2v) is 10.5.